The molecule has 5 heteroatoms. The minimum absolute atomic E-state index is 0.128. The van der Waals surface area contributed by atoms with Gasteiger partial charge in [-0.3, -0.25) is 4.79 Å². The number of hydrogen-bond acceptors (Lipinski definition) is 4. The van der Waals surface area contributed by atoms with Crippen molar-refractivity contribution in [1.82, 2.24) is 5.32 Å². The molecule has 122 valence electrons. The highest BCUT2D eigenvalue weighted by atomic mass is 32.2. The number of thioether (sulfide) groups is 1. The molecule has 0 saturated heterocycles. The summed E-state index contributed by atoms with van der Waals surface area (Å²) in [6, 6.07) is 15.0. The molecular weight excluding hydrogens is 308 g/mol. The lowest BCUT2D eigenvalue weighted by Crippen LogP contribution is -2.29. The van der Waals surface area contributed by atoms with E-state index in [0.29, 0.717) is 23.7 Å². The highest BCUT2D eigenvalue weighted by molar-refractivity contribution is 7.99. The first-order valence-electron chi connectivity index (χ1n) is 7.50. The molecule has 0 heterocycles. The first-order chi connectivity index (χ1) is 11.1. The molecule has 23 heavy (non-hydrogen) atoms. The van der Waals surface area contributed by atoms with E-state index in [4.69, 9.17) is 10.5 Å². The smallest absolute Gasteiger partial charge is 0.253 e. The second-order valence-electron chi connectivity index (χ2n) is 5.36. The van der Waals surface area contributed by atoms with Crippen molar-refractivity contribution < 1.29 is 9.53 Å². The summed E-state index contributed by atoms with van der Waals surface area (Å²) in [6.07, 6.45) is 0. The fraction of sp³-hybridized carbons (Fsp3) is 0.278. The van der Waals surface area contributed by atoms with Crippen LogP contribution in [0.3, 0.4) is 0 Å². The fourth-order valence-electron chi connectivity index (χ4n) is 2.09. The highest BCUT2D eigenvalue weighted by Gasteiger charge is 2.11. The number of nitrogens with two attached hydrogens (primary N) is 1. The molecule has 0 fully saturated rings. The number of rotatable bonds is 7. The molecule has 0 aromatic heterocycles. The number of carbonyl (C=O) groups is 1. The number of ether oxygens (including phenoxy) is 1. The summed E-state index contributed by atoms with van der Waals surface area (Å²) in [5.41, 5.74) is 6.84. The second-order valence-corrected chi connectivity index (χ2v) is 6.43. The predicted octanol–water partition coefficient (Wildman–Crippen LogP) is 3.44. The first-order valence-corrected chi connectivity index (χ1v) is 8.49. The maximum atomic E-state index is 12.1. The molecule has 0 aliphatic heterocycles. The van der Waals surface area contributed by atoms with Gasteiger partial charge < -0.3 is 15.8 Å². The van der Waals surface area contributed by atoms with Crippen LogP contribution in [0.1, 0.15) is 17.3 Å². The zero-order valence-electron chi connectivity index (χ0n) is 13.4. The number of para-hydroxylation sites is 2. The Morgan fingerprint density at radius 2 is 1.91 bits per heavy atom. The van der Waals surface area contributed by atoms with Crippen LogP contribution >= 0.6 is 11.8 Å². The van der Waals surface area contributed by atoms with Gasteiger partial charge >= 0.3 is 0 Å². The monoisotopic (exact) mass is 330 g/mol. The Hall–Kier alpha value is -2.14. The third kappa shape index (κ3) is 4.93. The van der Waals surface area contributed by atoms with Crippen molar-refractivity contribution in [2.24, 2.45) is 5.92 Å². The van der Waals surface area contributed by atoms with Crippen molar-refractivity contribution in [3.05, 3.63) is 54.1 Å². The molecule has 2 rings (SSSR count). The van der Waals surface area contributed by atoms with Gasteiger partial charge in [0, 0.05) is 22.9 Å². The van der Waals surface area contributed by atoms with Crippen molar-refractivity contribution in [1.29, 1.82) is 0 Å². The van der Waals surface area contributed by atoms with Gasteiger partial charge in [-0.05, 0) is 30.2 Å². The van der Waals surface area contributed by atoms with Crippen LogP contribution in [0.4, 0.5) is 5.69 Å². The van der Waals surface area contributed by atoms with Gasteiger partial charge in [-0.1, -0.05) is 31.2 Å². The van der Waals surface area contributed by atoms with Gasteiger partial charge in [0.2, 0.25) is 0 Å². The molecule has 0 aliphatic rings. The third-order valence-electron chi connectivity index (χ3n) is 3.41. The molecular formula is C18H22N2O2S. The van der Waals surface area contributed by atoms with Gasteiger partial charge in [-0.15, -0.1) is 11.8 Å². The zero-order chi connectivity index (χ0) is 16.7. The van der Waals surface area contributed by atoms with Crippen LogP contribution in [0.5, 0.6) is 5.75 Å². The van der Waals surface area contributed by atoms with E-state index in [1.54, 1.807) is 31.0 Å². The number of carbonyl (C=O) groups excluding carboxylic acids is 1. The Bertz CT molecular complexity index is 661. The molecule has 0 radical (unpaired) electrons. The van der Waals surface area contributed by atoms with Crippen molar-refractivity contribution in [2.45, 2.75) is 11.8 Å². The number of benzene rings is 2. The minimum Gasteiger partial charge on any atom is -0.496 e. The van der Waals surface area contributed by atoms with Gasteiger partial charge in [-0.2, -0.15) is 0 Å². The van der Waals surface area contributed by atoms with E-state index in [0.717, 1.165) is 16.4 Å². The normalized spacial score (nSPS) is 11.7. The predicted molar refractivity (Wildman–Crippen MR) is 96.1 cm³/mol. The number of methoxy groups -OCH3 is 1. The molecule has 4 nitrogen and oxygen atoms in total. The van der Waals surface area contributed by atoms with E-state index in [1.807, 2.05) is 36.4 Å². The van der Waals surface area contributed by atoms with Crippen molar-refractivity contribution >= 4 is 23.4 Å². The van der Waals surface area contributed by atoms with Crippen LogP contribution in [0.2, 0.25) is 0 Å². The summed E-state index contributed by atoms with van der Waals surface area (Å²) in [5, 5.41) is 2.94. The molecule has 1 atom stereocenters. The molecule has 0 saturated carbocycles. The number of anilines is 1. The van der Waals surface area contributed by atoms with Crippen LogP contribution < -0.4 is 15.8 Å². The largest absolute Gasteiger partial charge is 0.496 e. The Balaban J connectivity index is 1.82. The Kier molecular flexibility index (Phi) is 6.35. The third-order valence-corrected chi connectivity index (χ3v) is 4.79. The number of amides is 1. The van der Waals surface area contributed by atoms with E-state index in [2.05, 4.69) is 12.2 Å². The summed E-state index contributed by atoms with van der Waals surface area (Å²) in [5.74, 6) is 1.98. The lowest BCUT2D eigenvalue weighted by Gasteiger charge is -2.14. The summed E-state index contributed by atoms with van der Waals surface area (Å²) >= 11 is 1.73. The van der Waals surface area contributed by atoms with E-state index >= 15 is 0 Å². The second kappa shape index (κ2) is 8.48. The van der Waals surface area contributed by atoms with Crippen molar-refractivity contribution in [3.8, 4) is 5.75 Å². The summed E-state index contributed by atoms with van der Waals surface area (Å²) in [6.45, 7) is 2.71. The zero-order valence-corrected chi connectivity index (χ0v) is 14.2. The van der Waals surface area contributed by atoms with E-state index in [1.165, 1.54) is 0 Å². The molecule has 2 aromatic carbocycles. The molecule has 0 aliphatic carbocycles. The molecule has 1 amide bonds. The molecule has 2 aromatic rings. The SMILES string of the molecule is COc1ccccc1SCC(C)CNC(=O)c1ccccc1N. The topological polar surface area (TPSA) is 64.3 Å². The summed E-state index contributed by atoms with van der Waals surface area (Å²) in [7, 11) is 1.67. The quantitative estimate of drug-likeness (QED) is 0.603. The van der Waals surface area contributed by atoms with Crippen LogP contribution in [-0.2, 0) is 0 Å². The molecule has 0 spiro atoms. The van der Waals surface area contributed by atoms with Crippen LogP contribution in [0, 0.1) is 5.92 Å². The van der Waals surface area contributed by atoms with Gasteiger partial charge in [0.05, 0.1) is 12.7 Å². The molecule has 3 N–H and O–H groups in total. The van der Waals surface area contributed by atoms with Gasteiger partial charge in [0.1, 0.15) is 5.75 Å². The highest BCUT2D eigenvalue weighted by Crippen LogP contribution is 2.29. The van der Waals surface area contributed by atoms with Gasteiger partial charge in [-0.25, -0.2) is 0 Å². The van der Waals surface area contributed by atoms with Gasteiger partial charge in [0.15, 0.2) is 0 Å². The number of nitrogen functional groups attached to an aromatic ring is 1. The minimum atomic E-state index is -0.128. The maximum absolute atomic E-state index is 12.1. The summed E-state index contributed by atoms with van der Waals surface area (Å²) in [4.78, 5) is 13.2. The Morgan fingerprint density at radius 3 is 2.65 bits per heavy atom. The standard InChI is InChI=1S/C18H22N2O2S/c1-13(12-23-17-10-6-5-9-16(17)22-2)11-20-18(21)14-7-3-4-8-15(14)19/h3-10,13H,11-12,19H2,1-2H3,(H,20,21). The van der Waals surface area contributed by atoms with Crippen molar-refractivity contribution in [2.75, 3.05) is 25.1 Å². The lowest BCUT2D eigenvalue weighted by atomic mass is 10.1. The average Bonchev–Trinajstić information content (AvgIpc) is 2.58. The van der Waals surface area contributed by atoms with E-state index in [-0.39, 0.29) is 5.91 Å². The molecule has 1 unspecified atom stereocenters. The van der Waals surface area contributed by atoms with Crippen LogP contribution in [-0.4, -0.2) is 25.3 Å². The molecule has 0 bridgehead atoms. The number of hydrogen-bond donors (Lipinski definition) is 2. The van der Waals surface area contributed by atoms with E-state index < -0.39 is 0 Å². The number of nitrogens with one attached hydrogen (secondary N) is 1. The average molecular weight is 330 g/mol. The van der Waals surface area contributed by atoms with Gasteiger partial charge in [0.25, 0.3) is 5.91 Å². The fourth-order valence-corrected chi connectivity index (χ4v) is 3.15. The lowest BCUT2D eigenvalue weighted by molar-refractivity contribution is 0.0950. The van der Waals surface area contributed by atoms with E-state index in [9.17, 15) is 4.79 Å². The Morgan fingerprint density at radius 1 is 1.22 bits per heavy atom. The van der Waals surface area contributed by atoms with Crippen molar-refractivity contribution in [3.63, 3.8) is 0 Å². The Labute approximate surface area is 141 Å². The van der Waals surface area contributed by atoms with Crippen LogP contribution in [0.25, 0.3) is 0 Å². The maximum Gasteiger partial charge on any atom is 0.253 e. The first kappa shape index (κ1) is 17.2. The van der Waals surface area contributed by atoms with Crippen LogP contribution in [0.15, 0.2) is 53.4 Å². The summed E-state index contributed by atoms with van der Waals surface area (Å²) < 4.78 is 5.34.